The van der Waals surface area contributed by atoms with Crippen molar-refractivity contribution in [3.8, 4) is 11.5 Å². The monoisotopic (exact) mass is 290 g/mol. The van der Waals surface area contributed by atoms with Gasteiger partial charge in [-0.05, 0) is 0 Å². The summed E-state index contributed by atoms with van der Waals surface area (Å²) in [6.45, 7) is 1.11. The normalized spacial score (nSPS) is 10.2. The molecule has 7 heteroatoms. The lowest BCUT2D eigenvalue weighted by atomic mass is 10.2. The number of ether oxygens (including phenoxy) is 2. The van der Waals surface area contributed by atoms with Crippen LogP contribution in [0.15, 0.2) is 30.7 Å². The van der Waals surface area contributed by atoms with Crippen molar-refractivity contribution in [3.05, 3.63) is 36.4 Å². The Bertz CT molecular complexity index is 602. The molecule has 1 aromatic carbocycles. The van der Waals surface area contributed by atoms with Gasteiger partial charge in [0.2, 0.25) is 0 Å². The fourth-order valence-corrected chi connectivity index (χ4v) is 1.82. The molecule has 2 rings (SSSR count). The quantitative estimate of drug-likeness (QED) is 0.831. The predicted molar refractivity (Wildman–Crippen MR) is 78.8 cm³/mol. The van der Waals surface area contributed by atoms with Crippen LogP contribution in [0.2, 0.25) is 0 Å². The van der Waals surface area contributed by atoms with E-state index in [2.05, 4.69) is 10.3 Å². The Kier molecular flexibility index (Phi) is 4.78. The van der Waals surface area contributed by atoms with Crippen molar-refractivity contribution >= 4 is 11.6 Å². The molecular formula is C14H18N4O3. The zero-order valence-electron chi connectivity index (χ0n) is 12.0. The van der Waals surface area contributed by atoms with Crippen molar-refractivity contribution in [2.45, 2.75) is 6.54 Å². The highest BCUT2D eigenvalue weighted by Gasteiger charge is 2.11. The first-order valence-corrected chi connectivity index (χ1v) is 6.42. The van der Waals surface area contributed by atoms with Crippen LogP contribution in [0.4, 0.5) is 5.69 Å². The Morgan fingerprint density at radius 1 is 1.29 bits per heavy atom. The van der Waals surface area contributed by atoms with E-state index in [-0.39, 0.29) is 5.91 Å². The van der Waals surface area contributed by atoms with E-state index in [0.29, 0.717) is 36.0 Å². The van der Waals surface area contributed by atoms with Gasteiger partial charge in [-0.2, -0.15) is 0 Å². The van der Waals surface area contributed by atoms with Gasteiger partial charge in [0.1, 0.15) is 17.2 Å². The molecule has 0 saturated carbocycles. The van der Waals surface area contributed by atoms with E-state index in [1.807, 2.05) is 0 Å². The highest BCUT2D eigenvalue weighted by Crippen LogP contribution is 2.25. The lowest BCUT2D eigenvalue weighted by molar-refractivity contribution is 0.102. The number of aromatic nitrogens is 2. The molecule has 0 radical (unpaired) electrons. The molecule has 0 aliphatic heterocycles. The highest BCUT2D eigenvalue weighted by atomic mass is 16.5. The third-order valence-electron chi connectivity index (χ3n) is 2.86. The molecule has 2 aromatic rings. The second-order valence-corrected chi connectivity index (χ2v) is 4.34. The minimum Gasteiger partial charge on any atom is -0.497 e. The van der Waals surface area contributed by atoms with Crippen LogP contribution in [-0.2, 0) is 6.54 Å². The number of nitrogens with zero attached hydrogens (tertiary/aromatic N) is 2. The van der Waals surface area contributed by atoms with Crippen molar-refractivity contribution in [2.24, 2.45) is 5.73 Å². The van der Waals surface area contributed by atoms with Gasteiger partial charge in [-0.25, -0.2) is 4.98 Å². The van der Waals surface area contributed by atoms with Gasteiger partial charge in [-0.15, -0.1) is 0 Å². The average molecular weight is 290 g/mol. The van der Waals surface area contributed by atoms with Crippen molar-refractivity contribution in [3.63, 3.8) is 0 Å². The minimum absolute atomic E-state index is 0.305. The Balaban J connectivity index is 2.14. The number of hydrogen-bond acceptors (Lipinski definition) is 5. The maximum Gasteiger partial charge on any atom is 0.275 e. The minimum atomic E-state index is -0.305. The van der Waals surface area contributed by atoms with Crippen LogP contribution in [0.25, 0.3) is 0 Å². The van der Waals surface area contributed by atoms with Gasteiger partial charge in [-0.1, -0.05) is 0 Å². The summed E-state index contributed by atoms with van der Waals surface area (Å²) in [7, 11) is 3.10. The zero-order chi connectivity index (χ0) is 15.2. The van der Waals surface area contributed by atoms with E-state index in [1.165, 1.54) is 0 Å². The number of benzene rings is 1. The second kappa shape index (κ2) is 6.76. The van der Waals surface area contributed by atoms with Crippen LogP contribution in [0.5, 0.6) is 11.5 Å². The summed E-state index contributed by atoms with van der Waals surface area (Å²) in [4.78, 5) is 16.2. The molecule has 1 amide bonds. The first-order valence-electron chi connectivity index (χ1n) is 6.42. The molecule has 0 atom stereocenters. The Hall–Kier alpha value is -2.54. The lowest BCUT2D eigenvalue weighted by Gasteiger charge is -2.09. The first-order chi connectivity index (χ1) is 10.2. The number of carbonyl (C=O) groups is 1. The maximum absolute atomic E-state index is 12.1. The zero-order valence-corrected chi connectivity index (χ0v) is 12.0. The van der Waals surface area contributed by atoms with E-state index in [0.717, 1.165) is 0 Å². The van der Waals surface area contributed by atoms with Gasteiger partial charge in [0, 0.05) is 43.2 Å². The van der Waals surface area contributed by atoms with Crippen LogP contribution in [-0.4, -0.2) is 36.2 Å². The van der Waals surface area contributed by atoms with Crippen molar-refractivity contribution in [1.29, 1.82) is 0 Å². The maximum atomic E-state index is 12.1. The molecule has 112 valence electrons. The molecule has 0 spiro atoms. The molecule has 0 bridgehead atoms. The molecule has 0 fully saturated rings. The molecule has 0 aliphatic carbocycles. The summed E-state index contributed by atoms with van der Waals surface area (Å²) in [5, 5.41) is 2.76. The summed E-state index contributed by atoms with van der Waals surface area (Å²) in [5.41, 5.74) is 6.35. The van der Waals surface area contributed by atoms with Crippen molar-refractivity contribution in [1.82, 2.24) is 9.55 Å². The van der Waals surface area contributed by atoms with E-state index in [9.17, 15) is 4.79 Å². The van der Waals surface area contributed by atoms with E-state index >= 15 is 0 Å². The topological polar surface area (TPSA) is 91.4 Å². The molecule has 0 saturated heterocycles. The summed E-state index contributed by atoms with van der Waals surface area (Å²) < 4.78 is 12.1. The van der Waals surface area contributed by atoms with E-state index in [1.54, 1.807) is 49.5 Å². The highest BCUT2D eigenvalue weighted by molar-refractivity contribution is 6.02. The number of methoxy groups -OCH3 is 2. The third-order valence-corrected chi connectivity index (χ3v) is 2.86. The molecule has 0 unspecified atom stereocenters. The van der Waals surface area contributed by atoms with Crippen LogP contribution >= 0.6 is 0 Å². The number of carbonyl (C=O) groups excluding carboxylic acids is 1. The largest absolute Gasteiger partial charge is 0.497 e. The van der Waals surface area contributed by atoms with E-state index < -0.39 is 0 Å². The number of rotatable bonds is 6. The van der Waals surface area contributed by atoms with Crippen LogP contribution < -0.4 is 20.5 Å². The lowest BCUT2D eigenvalue weighted by Crippen LogP contribution is -2.13. The molecule has 3 N–H and O–H groups in total. The van der Waals surface area contributed by atoms with Crippen molar-refractivity contribution in [2.75, 3.05) is 26.1 Å². The van der Waals surface area contributed by atoms with Gasteiger partial charge >= 0.3 is 0 Å². The van der Waals surface area contributed by atoms with Crippen molar-refractivity contribution < 1.29 is 14.3 Å². The van der Waals surface area contributed by atoms with E-state index in [4.69, 9.17) is 15.2 Å². The average Bonchev–Trinajstić information content (AvgIpc) is 2.96. The van der Waals surface area contributed by atoms with Gasteiger partial charge in [-0.3, -0.25) is 4.79 Å². The molecule has 0 aliphatic rings. The molecule has 1 heterocycles. The Morgan fingerprint density at radius 3 is 2.52 bits per heavy atom. The predicted octanol–water partition coefficient (Wildman–Crippen LogP) is 1.11. The van der Waals surface area contributed by atoms with Gasteiger partial charge in [0.15, 0.2) is 0 Å². The summed E-state index contributed by atoms with van der Waals surface area (Å²) in [6.07, 6.45) is 3.23. The fraction of sp³-hybridized carbons (Fsp3) is 0.286. The standard InChI is InChI=1S/C14H18N4O3/c1-20-11-5-10(6-12(7-11)21-2)17-14(19)13-8-18(4-3-15)9-16-13/h5-9H,3-4,15H2,1-2H3,(H,17,19). The van der Waals surface area contributed by atoms with Crippen LogP contribution in [0, 0.1) is 0 Å². The Labute approximate surface area is 122 Å². The molecule has 7 nitrogen and oxygen atoms in total. The third kappa shape index (κ3) is 3.73. The first kappa shape index (κ1) is 14.9. The smallest absolute Gasteiger partial charge is 0.275 e. The summed E-state index contributed by atoms with van der Waals surface area (Å²) in [5.74, 6) is 0.887. The molecule has 1 aromatic heterocycles. The summed E-state index contributed by atoms with van der Waals surface area (Å²) >= 11 is 0. The number of hydrogen-bond donors (Lipinski definition) is 2. The van der Waals surface area contributed by atoms with Crippen LogP contribution in [0.1, 0.15) is 10.5 Å². The van der Waals surface area contributed by atoms with Crippen LogP contribution in [0.3, 0.4) is 0 Å². The number of nitrogens with two attached hydrogens (primary N) is 1. The van der Waals surface area contributed by atoms with Gasteiger partial charge in [0.25, 0.3) is 5.91 Å². The van der Waals surface area contributed by atoms with Gasteiger partial charge < -0.3 is 25.1 Å². The fourth-order valence-electron chi connectivity index (χ4n) is 1.82. The van der Waals surface area contributed by atoms with Gasteiger partial charge in [0.05, 0.1) is 20.5 Å². The number of imidazole rings is 1. The number of anilines is 1. The summed E-state index contributed by atoms with van der Waals surface area (Å²) in [6, 6.07) is 5.14. The Morgan fingerprint density at radius 2 is 1.95 bits per heavy atom. The SMILES string of the molecule is COc1cc(NC(=O)c2cn(CCN)cn2)cc(OC)c1. The number of nitrogens with one attached hydrogen (secondary N) is 1. The molecule has 21 heavy (non-hydrogen) atoms. The number of amides is 1. The molecular weight excluding hydrogens is 272 g/mol. The second-order valence-electron chi connectivity index (χ2n) is 4.34.